The van der Waals surface area contributed by atoms with Gasteiger partial charge in [-0.1, -0.05) is 0 Å². The van der Waals surface area contributed by atoms with Gasteiger partial charge in [0.15, 0.2) is 0 Å². The van der Waals surface area contributed by atoms with Crippen LogP contribution in [0.1, 0.15) is 46.5 Å². The molecular weight excluding hydrogens is 382 g/mol. The highest BCUT2D eigenvalue weighted by molar-refractivity contribution is 5.90. The summed E-state index contributed by atoms with van der Waals surface area (Å²) in [5.74, 6) is -1.36. The number of rotatable bonds is 2. The van der Waals surface area contributed by atoms with Crippen LogP contribution in [-0.4, -0.2) is 81.3 Å². The molecule has 162 valence electrons. The summed E-state index contributed by atoms with van der Waals surface area (Å²) in [6.45, 7) is 6.36. The molecule has 11 nitrogen and oxygen atoms in total. The Morgan fingerprint density at radius 2 is 1.76 bits per heavy atom. The molecule has 0 aliphatic carbocycles. The zero-order valence-corrected chi connectivity index (χ0v) is 17.0. The zero-order chi connectivity index (χ0) is 21.3. The maximum atomic E-state index is 12.5. The molecule has 0 aromatic carbocycles. The Morgan fingerprint density at radius 1 is 1.07 bits per heavy atom. The van der Waals surface area contributed by atoms with Crippen LogP contribution < -0.4 is 10.9 Å². The first-order valence-corrected chi connectivity index (χ1v) is 9.93. The predicted octanol–water partition coefficient (Wildman–Crippen LogP) is 0.439. The number of hydrogen-bond donors (Lipinski definition) is 3. The van der Waals surface area contributed by atoms with Crippen LogP contribution in [0.2, 0.25) is 0 Å². The lowest BCUT2D eigenvalue weighted by atomic mass is 9.97. The zero-order valence-electron chi connectivity index (χ0n) is 17.0. The van der Waals surface area contributed by atoms with Gasteiger partial charge in [-0.2, -0.15) is 0 Å². The molecular formula is C18H29N5O6. The molecule has 0 unspecified atom stereocenters. The molecule has 3 saturated heterocycles. The van der Waals surface area contributed by atoms with Gasteiger partial charge in [0.2, 0.25) is 5.91 Å². The van der Waals surface area contributed by atoms with Gasteiger partial charge in [0.05, 0.1) is 12.0 Å². The van der Waals surface area contributed by atoms with Crippen LogP contribution >= 0.6 is 0 Å². The fourth-order valence-electron chi connectivity index (χ4n) is 3.92. The van der Waals surface area contributed by atoms with E-state index in [9.17, 15) is 24.4 Å². The molecule has 3 heterocycles. The Balaban J connectivity index is 1.49. The van der Waals surface area contributed by atoms with Crippen LogP contribution in [-0.2, 0) is 14.3 Å². The molecule has 3 aliphatic heterocycles. The SMILES string of the molecule is CC(C)(C)OC(=O)N1CCC[C@@H](C(=O)NNC(=O)[C@H]2CC[C@@H]3CN2C(=O)N3O)C1. The Bertz CT molecular complexity index is 693. The van der Waals surface area contributed by atoms with E-state index in [1.165, 1.54) is 9.80 Å². The van der Waals surface area contributed by atoms with Crippen molar-refractivity contribution >= 4 is 23.9 Å². The molecule has 3 rings (SSSR count). The van der Waals surface area contributed by atoms with Gasteiger partial charge in [0.1, 0.15) is 11.6 Å². The number of piperidine rings is 2. The van der Waals surface area contributed by atoms with Crippen molar-refractivity contribution in [3.63, 3.8) is 0 Å². The number of ether oxygens (including phenoxy) is 1. The minimum atomic E-state index is -0.735. The second kappa shape index (κ2) is 8.05. The van der Waals surface area contributed by atoms with E-state index in [1.54, 1.807) is 20.8 Å². The van der Waals surface area contributed by atoms with Crippen molar-refractivity contribution in [2.75, 3.05) is 19.6 Å². The van der Waals surface area contributed by atoms with Crippen LogP contribution in [0, 0.1) is 5.92 Å². The van der Waals surface area contributed by atoms with E-state index >= 15 is 0 Å². The molecule has 2 bridgehead atoms. The molecule has 3 fully saturated rings. The summed E-state index contributed by atoms with van der Waals surface area (Å²) in [7, 11) is 0. The third kappa shape index (κ3) is 4.72. The lowest BCUT2D eigenvalue weighted by Crippen LogP contribution is -2.56. The van der Waals surface area contributed by atoms with Gasteiger partial charge in [-0.05, 0) is 46.5 Å². The standard InChI is InChI=1S/C18H29N5O6/c1-18(2,3)29-17(27)21-8-4-5-11(9-21)14(24)19-20-15(25)13-7-6-12-10-22(13)16(26)23(12)28/h11-13,28H,4-10H2,1-3H3,(H,19,24)(H,20,25)/t11-,12-,13-/m1/s1. The highest BCUT2D eigenvalue weighted by atomic mass is 16.6. The third-order valence-corrected chi connectivity index (χ3v) is 5.40. The van der Waals surface area contributed by atoms with Crippen molar-refractivity contribution in [2.24, 2.45) is 5.92 Å². The Kier molecular flexibility index (Phi) is 5.87. The minimum absolute atomic E-state index is 0.214. The molecule has 0 radical (unpaired) electrons. The number of hydrogen-bond acceptors (Lipinski definition) is 6. The average molecular weight is 411 g/mol. The highest BCUT2D eigenvalue weighted by Crippen LogP contribution is 2.28. The maximum absolute atomic E-state index is 12.5. The summed E-state index contributed by atoms with van der Waals surface area (Å²) in [6, 6.07) is -1.62. The fraction of sp³-hybridized carbons (Fsp3) is 0.778. The molecule has 0 aromatic heterocycles. The van der Waals surface area contributed by atoms with Gasteiger partial charge >= 0.3 is 12.1 Å². The van der Waals surface area contributed by atoms with Crippen molar-refractivity contribution in [1.29, 1.82) is 0 Å². The number of carbonyl (C=O) groups excluding carboxylic acids is 4. The van der Waals surface area contributed by atoms with Crippen molar-refractivity contribution in [3.05, 3.63) is 0 Å². The molecule has 0 saturated carbocycles. The summed E-state index contributed by atoms with van der Waals surface area (Å²) in [5.41, 5.74) is 4.18. The first-order valence-electron chi connectivity index (χ1n) is 9.93. The number of nitrogens with zero attached hydrogens (tertiary/aromatic N) is 3. The van der Waals surface area contributed by atoms with Crippen LogP contribution in [0.3, 0.4) is 0 Å². The molecule has 3 aliphatic rings. The largest absolute Gasteiger partial charge is 0.444 e. The van der Waals surface area contributed by atoms with E-state index < -0.39 is 41.5 Å². The monoisotopic (exact) mass is 411 g/mol. The average Bonchev–Trinajstić information content (AvgIpc) is 2.89. The number of likely N-dealkylation sites (tertiary alicyclic amines) is 1. The van der Waals surface area contributed by atoms with Gasteiger partial charge in [-0.25, -0.2) is 14.7 Å². The first kappa shape index (κ1) is 21.2. The van der Waals surface area contributed by atoms with Crippen molar-refractivity contribution in [3.8, 4) is 0 Å². The van der Waals surface area contributed by atoms with E-state index in [1.807, 2.05) is 0 Å². The minimum Gasteiger partial charge on any atom is -0.444 e. The van der Waals surface area contributed by atoms with Crippen molar-refractivity contribution in [2.45, 2.75) is 64.1 Å². The van der Waals surface area contributed by atoms with E-state index in [-0.39, 0.29) is 19.1 Å². The summed E-state index contributed by atoms with van der Waals surface area (Å²) in [4.78, 5) is 51.9. The summed E-state index contributed by atoms with van der Waals surface area (Å²) in [5, 5.41) is 10.4. The summed E-state index contributed by atoms with van der Waals surface area (Å²) >= 11 is 0. The number of fused-ring (bicyclic) bond motifs is 2. The van der Waals surface area contributed by atoms with E-state index in [0.29, 0.717) is 37.3 Å². The maximum Gasteiger partial charge on any atom is 0.410 e. The van der Waals surface area contributed by atoms with Crippen LogP contribution in [0.15, 0.2) is 0 Å². The number of carbonyl (C=O) groups is 4. The number of hydroxylamine groups is 2. The molecule has 11 heteroatoms. The van der Waals surface area contributed by atoms with Crippen LogP contribution in [0.4, 0.5) is 9.59 Å². The number of urea groups is 1. The Morgan fingerprint density at radius 3 is 2.45 bits per heavy atom. The number of hydrazine groups is 1. The van der Waals surface area contributed by atoms with Gasteiger partial charge in [0.25, 0.3) is 5.91 Å². The second-order valence-electron chi connectivity index (χ2n) is 8.77. The van der Waals surface area contributed by atoms with Crippen LogP contribution in [0.25, 0.3) is 0 Å². The molecule has 29 heavy (non-hydrogen) atoms. The molecule has 3 atom stereocenters. The Labute approximate surface area is 169 Å². The quantitative estimate of drug-likeness (QED) is 0.446. The van der Waals surface area contributed by atoms with Gasteiger partial charge in [0, 0.05) is 19.6 Å². The molecule has 5 amide bonds. The highest BCUT2D eigenvalue weighted by Gasteiger charge is 2.46. The summed E-state index contributed by atoms with van der Waals surface area (Å²) < 4.78 is 5.35. The van der Waals surface area contributed by atoms with Gasteiger partial charge < -0.3 is 14.5 Å². The van der Waals surface area contributed by atoms with Crippen LogP contribution in [0.5, 0.6) is 0 Å². The van der Waals surface area contributed by atoms with E-state index in [4.69, 9.17) is 4.74 Å². The predicted molar refractivity (Wildman–Crippen MR) is 99.4 cm³/mol. The summed E-state index contributed by atoms with van der Waals surface area (Å²) in [6.07, 6.45) is 1.71. The smallest absolute Gasteiger partial charge is 0.410 e. The van der Waals surface area contributed by atoms with E-state index in [2.05, 4.69) is 10.9 Å². The lowest BCUT2D eigenvalue weighted by molar-refractivity contribution is -0.134. The van der Waals surface area contributed by atoms with Gasteiger partial charge in [-0.3, -0.25) is 25.6 Å². The molecule has 0 aromatic rings. The number of nitrogens with one attached hydrogen (secondary N) is 2. The van der Waals surface area contributed by atoms with Crippen molar-refractivity contribution < 1.29 is 29.1 Å². The van der Waals surface area contributed by atoms with Crippen molar-refractivity contribution in [1.82, 2.24) is 25.7 Å². The number of amides is 5. The topological polar surface area (TPSA) is 132 Å². The fourth-order valence-corrected chi connectivity index (χ4v) is 3.92. The molecule has 3 N–H and O–H groups in total. The normalized spacial score (nSPS) is 27.0. The van der Waals surface area contributed by atoms with E-state index in [0.717, 1.165) is 0 Å². The van der Waals surface area contributed by atoms with Gasteiger partial charge in [-0.15, -0.1) is 0 Å². The lowest BCUT2D eigenvalue weighted by Gasteiger charge is -2.33. The second-order valence-corrected chi connectivity index (χ2v) is 8.77. The third-order valence-electron chi connectivity index (χ3n) is 5.40. The molecule has 0 spiro atoms. The Hall–Kier alpha value is -2.56. The first-order chi connectivity index (χ1) is 13.6.